The Kier molecular flexibility index (Phi) is 6.66. The van der Waals surface area contributed by atoms with E-state index in [0.717, 1.165) is 27.4 Å². The summed E-state index contributed by atoms with van der Waals surface area (Å²) in [4.78, 5) is 9.55. The van der Waals surface area contributed by atoms with Gasteiger partial charge >= 0.3 is 0 Å². The lowest BCUT2D eigenvalue weighted by atomic mass is 10.1. The molecule has 0 aliphatic heterocycles. The van der Waals surface area contributed by atoms with E-state index in [1.54, 1.807) is 30.8 Å². The number of benzene rings is 2. The van der Waals surface area contributed by atoms with Crippen LogP contribution in [0.25, 0.3) is 0 Å². The van der Waals surface area contributed by atoms with Crippen LogP contribution in [0.4, 0.5) is 4.39 Å². The molecule has 6 heteroatoms. The molecule has 0 saturated heterocycles. The summed E-state index contributed by atoms with van der Waals surface area (Å²) in [6.45, 7) is 2.51. The molecule has 4 nitrogen and oxygen atoms in total. The van der Waals surface area contributed by atoms with Gasteiger partial charge in [-0.1, -0.05) is 24.3 Å². The second kappa shape index (κ2) is 9.37. The molecule has 0 bridgehead atoms. The maximum absolute atomic E-state index is 13.2. The highest BCUT2D eigenvalue weighted by Crippen LogP contribution is 2.16. The molecule has 2 aromatic carbocycles. The molecule has 3 aromatic rings. The van der Waals surface area contributed by atoms with Crippen molar-refractivity contribution < 1.29 is 8.60 Å². The molecule has 2 atom stereocenters. The molecule has 0 aliphatic rings. The Bertz CT molecular complexity index is 957. The number of hydrogen-bond donors (Lipinski definition) is 1. The van der Waals surface area contributed by atoms with E-state index in [4.69, 9.17) is 4.99 Å². The van der Waals surface area contributed by atoms with Gasteiger partial charge in [-0.25, -0.2) is 4.39 Å². The number of halogens is 1. The monoisotopic (exact) mass is 395 g/mol. The van der Waals surface area contributed by atoms with E-state index in [1.807, 2.05) is 43.3 Å². The Morgan fingerprint density at radius 2 is 1.71 bits per heavy atom. The molecule has 1 aromatic heterocycles. The topological polar surface area (TPSA) is 54.4 Å². The van der Waals surface area contributed by atoms with Crippen LogP contribution in [-0.2, 0) is 17.3 Å². The van der Waals surface area contributed by atoms with Crippen molar-refractivity contribution in [2.75, 3.05) is 6.26 Å². The molecule has 1 N–H and O–H groups in total. The van der Waals surface area contributed by atoms with Crippen LogP contribution in [0, 0.1) is 5.82 Å². The molecular weight excluding hydrogens is 373 g/mol. The van der Waals surface area contributed by atoms with Crippen molar-refractivity contribution >= 4 is 16.6 Å². The first kappa shape index (κ1) is 19.9. The molecule has 28 heavy (non-hydrogen) atoms. The van der Waals surface area contributed by atoms with Gasteiger partial charge in [0.25, 0.3) is 0 Å². The van der Waals surface area contributed by atoms with E-state index in [1.165, 1.54) is 12.1 Å². The van der Waals surface area contributed by atoms with Gasteiger partial charge in [-0.3, -0.25) is 14.2 Å². The number of hydrogen-bond acceptors (Lipinski definition) is 3. The fourth-order valence-electron chi connectivity index (χ4n) is 2.72. The summed E-state index contributed by atoms with van der Waals surface area (Å²) in [7, 11) is -1.03. The quantitative estimate of drug-likeness (QED) is 0.501. The van der Waals surface area contributed by atoms with E-state index in [0.29, 0.717) is 6.54 Å². The number of nitrogens with zero attached hydrogens (tertiary/aromatic N) is 2. The molecule has 0 amide bonds. The minimum atomic E-state index is -1.03. The Morgan fingerprint density at radius 3 is 2.32 bits per heavy atom. The smallest absolute Gasteiger partial charge is 0.129 e. The van der Waals surface area contributed by atoms with Gasteiger partial charge in [0.15, 0.2) is 0 Å². The normalized spacial score (nSPS) is 13.8. The van der Waals surface area contributed by atoms with Gasteiger partial charge in [0.05, 0.1) is 6.54 Å². The second-order valence-corrected chi connectivity index (χ2v) is 7.80. The van der Waals surface area contributed by atoms with Crippen molar-refractivity contribution in [3.63, 3.8) is 0 Å². The predicted octanol–water partition coefficient (Wildman–Crippen LogP) is 4.26. The van der Waals surface area contributed by atoms with Crippen molar-refractivity contribution in [3.8, 4) is 0 Å². The number of amidine groups is 1. The first-order chi connectivity index (χ1) is 13.5. The lowest BCUT2D eigenvalue weighted by molar-refractivity contribution is 0.624. The Labute approximate surface area is 167 Å². The zero-order valence-electron chi connectivity index (χ0n) is 15.8. The van der Waals surface area contributed by atoms with Crippen molar-refractivity contribution in [2.24, 2.45) is 4.99 Å². The zero-order valence-corrected chi connectivity index (χ0v) is 16.6. The van der Waals surface area contributed by atoms with Crippen molar-refractivity contribution in [1.82, 2.24) is 10.3 Å². The third-order valence-corrected chi connectivity index (χ3v) is 5.29. The average Bonchev–Trinajstić information content (AvgIpc) is 2.72. The molecule has 0 spiro atoms. The van der Waals surface area contributed by atoms with Gasteiger partial charge in [-0.15, -0.1) is 0 Å². The largest absolute Gasteiger partial charge is 0.363 e. The lowest BCUT2D eigenvalue weighted by Crippen LogP contribution is -2.28. The summed E-state index contributed by atoms with van der Waals surface area (Å²) in [5, 5.41) is 3.42. The van der Waals surface area contributed by atoms with E-state index in [9.17, 15) is 8.60 Å². The summed E-state index contributed by atoms with van der Waals surface area (Å²) in [5.41, 5.74) is 2.91. The average molecular weight is 396 g/mol. The van der Waals surface area contributed by atoms with Crippen LogP contribution in [0.15, 0.2) is 82.9 Å². The number of aromatic nitrogens is 1. The van der Waals surface area contributed by atoms with Crippen molar-refractivity contribution in [3.05, 3.63) is 95.6 Å². The van der Waals surface area contributed by atoms with Crippen LogP contribution in [0.5, 0.6) is 0 Å². The Balaban J connectivity index is 1.86. The van der Waals surface area contributed by atoms with E-state index in [2.05, 4.69) is 10.3 Å². The Morgan fingerprint density at radius 1 is 1.07 bits per heavy atom. The number of nitrogens with one attached hydrogen (secondary N) is 1. The van der Waals surface area contributed by atoms with Crippen LogP contribution >= 0.6 is 0 Å². The molecule has 0 radical (unpaired) electrons. The zero-order chi connectivity index (χ0) is 19.9. The lowest BCUT2D eigenvalue weighted by Gasteiger charge is -2.18. The maximum Gasteiger partial charge on any atom is 0.129 e. The Hall–Kier alpha value is -2.86. The summed E-state index contributed by atoms with van der Waals surface area (Å²) in [5.74, 6) is 0.466. The second-order valence-electron chi connectivity index (χ2n) is 6.42. The summed E-state index contributed by atoms with van der Waals surface area (Å²) in [6.07, 6.45) is 5.14. The molecule has 0 saturated carbocycles. The maximum atomic E-state index is 13.2. The molecule has 1 heterocycles. The van der Waals surface area contributed by atoms with E-state index < -0.39 is 10.8 Å². The van der Waals surface area contributed by atoms with Gasteiger partial charge in [-0.2, -0.15) is 0 Å². The highest BCUT2D eigenvalue weighted by atomic mass is 32.2. The third kappa shape index (κ3) is 5.33. The first-order valence-corrected chi connectivity index (χ1v) is 10.5. The van der Waals surface area contributed by atoms with Gasteiger partial charge in [0.2, 0.25) is 0 Å². The van der Waals surface area contributed by atoms with Crippen LogP contribution < -0.4 is 5.32 Å². The summed E-state index contributed by atoms with van der Waals surface area (Å²) in [6, 6.07) is 17.7. The van der Waals surface area contributed by atoms with Crippen molar-refractivity contribution in [2.45, 2.75) is 24.4 Å². The molecular formula is C22H22FN3OS. The molecule has 3 rings (SSSR count). The van der Waals surface area contributed by atoms with Crippen LogP contribution in [0.2, 0.25) is 0 Å². The highest BCUT2D eigenvalue weighted by Gasteiger charge is 2.11. The minimum Gasteiger partial charge on any atom is -0.363 e. The molecule has 0 aliphatic carbocycles. The van der Waals surface area contributed by atoms with Crippen molar-refractivity contribution in [1.29, 1.82) is 0 Å². The van der Waals surface area contributed by atoms with Gasteiger partial charge in [-0.05, 0) is 54.4 Å². The fraction of sp³-hybridized carbons (Fsp3) is 0.182. The predicted molar refractivity (Wildman–Crippen MR) is 111 cm³/mol. The SMILES string of the molecule is CC(NC(=NCc1ccncc1)c1ccc(S(C)=O)cc1)c1ccc(F)cc1. The number of rotatable bonds is 6. The number of pyridine rings is 1. The van der Waals surface area contributed by atoms with Gasteiger partial charge in [0.1, 0.15) is 11.7 Å². The minimum absolute atomic E-state index is 0.0585. The summed E-state index contributed by atoms with van der Waals surface area (Å²) >= 11 is 0. The van der Waals surface area contributed by atoms with Crippen LogP contribution in [-0.4, -0.2) is 21.3 Å². The first-order valence-electron chi connectivity index (χ1n) is 8.92. The van der Waals surface area contributed by atoms with Gasteiger partial charge < -0.3 is 5.32 Å². The third-order valence-electron chi connectivity index (χ3n) is 4.35. The molecule has 2 unspecified atom stereocenters. The van der Waals surface area contributed by atoms with Crippen LogP contribution in [0.3, 0.4) is 0 Å². The number of aliphatic imine (C=N–C) groups is 1. The van der Waals surface area contributed by atoms with Gasteiger partial charge in [0, 0.05) is 45.9 Å². The molecule has 144 valence electrons. The van der Waals surface area contributed by atoms with E-state index in [-0.39, 0.29) is 11.9 Å². The fourth-order valence-corrected chi connectivity index (χ4v) is 3.24. The highest BCUT2D eigenvalue weighted by molar-refractivity contribution is 7.84. The van der Waals surface area contributed by atoms with Crippen LogP contribution in [0.1, 0.15) is 29.7 Å². The van der Waals surface area contributed by atoms with E-state index >= 15 is 0 Å². The molecule has 0 fully saturated rings. The summed E-state index contributed by atoms with van der Waals surface area (Å²) < 4.78 is 24.9. The standard InChI is InChI=1S/C22H22FN3OS/c1-16(18-3-7-20(23)8-4-18)26-22(25-15-17-11-13-24-14-12-17)19-5-9-21(10-6-19)28(2)27/h3-14,16H,15H2,1-2H3,(H,25,26).